The quantitative estimate of drug-likeness (QED) is 0.444. The van der Waals surface area contributed by atoms with Crippen LogP contribution in [0.4, 0.5) is 5.82 Å². The van der Waals surface area contributed by atoms with Gasteiger partial charge in [0.05, 0.1) is 6.34 Å². The van der Waals surface area contributed by atoms with Crippen molar-refractivity contribution in [3.8, 4) is 0 Å². The largest absolute Gasteiger partial charge is 0.363 e. The summed E-state index contributed by atoms with van der Waals surface area (Å²) in [6.07, 6.45) is 12.1. The lowest BCUT2D eigenvalue weighted by Crippen LogP contribution is -2.24. The van der Waals surface area contributed by atoms with E-state index in [1.807, 2.05) is 10.9 Å². The number of fused-ring (bicyclic) bond motifs is 1. The lowest BCUT2D eigenvalue weighted by Gasteiger charge is -2.19. The average Bonchev–Trinajstić information content (AvgIpc) is 3.04. The Kier molecular flexibility index (Phi) is 7.51. The van der Waals surface area contributed by atoms with Gasteiger partial charge in [0.15, 0.2) is 17.0 Å². The number of unbranched alkanes of at least 4 members (excludes halogenated alkanes) is 2. The normalized spacial score (nSPS) is 13.0. The standard InChI is InChI=1S/C21H34N6/c1-7-9-11-26(12-10-8-2)15-25-19-18-20(23-14-22-19)27(16-24-18)13-17(3)21(4,5)6/h13-16H,7-12H2,1-6H3/b17-13-,25-15+. The zero-order valence-electron chi connectivity index (χ0n) is 17.7. The van der Waals surface area contributed by atoms with Crippen molar-refractivity contribution in [3.63, 3.8) is 0 Å². The van der Waals surface area contributed by atoms with E-state index in [9.17, 15) is 0 Å². The van der Waals surface area contributed by atoms with Crippen molar-refractivity contribution in [1.29, 1.82) is 0 Å². The molecule has 0 saturated heterocycles. The maximum absolute atomic E-state index is 4.64. The lowest BCUT2D eigenvalue weighted by molar-refractivity contribution is 0.409. The molecule has 2 heterocycles. The SMILES string of the molecule is CCCCN(/C=N/c1ncnc2c1ncn2/C=C(/C)C(C)(C)C)CCCC. The summed E-state index contributed by atoms with van der Waals surface area (Å²) in [6, 6.07) is 0. The van der Waals surface area contributed by atoms with Crippen molar-refractivity contribution in [2.45, 2.75) is 67.2 Å². The maximum atomic E-state index is 4.64. The first kappa shape index (κ1) is 21.1. The van der Waals surface area contributed by atoms with E-state index in [1.165, 1.54) is 31.3 Å². The molecule has 2 rings (SSSR count). The Balaban J connectivity index is 2.29. The van der Waals surface area contributed by atoms with Crippen LogP contribution in [-0.2, 0) is 0 Å². The molecule has 0 bridgehead atoms. The van der Waals surface area contributed by atoms with Gasteiger partial charge in [-0.25, -0.2) is 19.9 Å². The molecule has 27 heavy (non-hydrogen) atoms. The first-order valence-corrected chi connectivity index (χ1v) is 10.0. The highest BCUT2D eigenvalue weighted by atomic mass is 15.2. The second-order valence-corrected chi connectivity index (χ2v) is 8.07. The highest BCUT2D eigenvalue weighted by molar-refractivity contribution is 5.84. The average molecular weight is 371 g/mol. The molecular weight excluding hydrogens is 336 g/mol. The third-order valence-corrected chi connectivity index (χ3v) is 4.80. The van der Waals surface area contributed by atoms with Crippen molar-refractivity contribution in [2.24, 2.45) is 10.4 Å². The van der Waals surface area contributed by atoms with Gasteiger partial charge in [-0.1, -0.05) is 53.0 Å². The number of rotatable bonds is 9. The van der Waals surface area contributed by atoms with Gasteiger partial charge in [0, 0.05) is 19.3 Å². The highest BCUT2D eigenvalue weighted by Gasteiger charge is 2.14. The number of aromatic nitrogens is 4. The molecule has 148 valence electrons. The molecule has 0 radical (unpaired) electrons. The van der Waals surface area contributed by atoms with Crippen LogP contribution in [0.3, 0.4) is 0 Å². The van der Waals surface area contributed by atoms with Gasteiger partial charge in [0.1, 0.15) is 12.7 Å². The van der Waals surface area contributed by atoms with E-state index < -0.39 is 0 Å². The lowest BCUT2D eigenvalue weighted by atomic mass is 9.88. The minimum atomic E-state index is 0.101. The van der Waals surface area contributed by atoms with Gasteiger partial charge in [-0.15, -0.1) is 0 Å². The maximum Gasteiger partial charge on any atom is 0.185 e. The first-order valence-electron chi connectivity index (χ1n) is 10.0. The van der Waals surface area contributed by atoms with Crippen molar-refractivity contribution in [2.75, 3.05) is 13.1 Å². The summed E-state index contributed by atoms with van der Waals surface area (Å²) < 4.78 is 1.96. The third-order valence-electron chi connectivity index (χ3n) is 4.80. The number of aliphatic imine (C=N–C) groups is 1. The molecule has 0 aliphatic rings. The van der Waals surface area contributed by atoms with Gasteiger partial charge >= 0.3 is 0 Å². The molecule has 0 amide bonds. The monoisotopic (exact) mass is 370 g/mol. The number of imidazole rings is 1. The smallest absolute Gasteiger partial charge is 0.185 e. The summed E-state index contributed by atoms with van der Waals surface area (Å²) in [6.45, 7) is 15.2. The predicted octanol–water partition coefficient (Wildman–Crippen LogP) is 5.30. The molecule has 6 heteroatoms. The molecule has 0 N–H and O–H groups in total. The molecule has 0 fully saturated rings. The highest BCUT2D eigenvalue weighted by Crippen LogP contribution is 2.26. The Hall–Kier alpha value is -2.24. The number of hydrogen-bond donors (Lipinski definition) is 0. The van der Waals surface area contributed by atoms with Crippen LogP contribution >= 0.6 is 0 Å². The molecule has 0 atom stereocenters. The second-order valence-electron chi connectivity index (χ2n) is 8.07. The van der Waals surface area contributed by atoms with Gasteiger partial charge in [-0.3, -0.25) is 4.57 Å². The van der Waals surface area contributed by atoms with Crippen LogP contribution < -0.4 is 0 Å². The van der Waals surface area contributed by atoms with Crippen LogP contribution in [0.2, 0.25) is 0 Å². The van der Waals surface area contributed by atoms with Gasteiger partial charge in [0.25, 0.3) is 0 Å². The van der Waals surface area contributed by atoms with Crippen LogP contribution in [0, 0.1) is 5.41 Å². The van der Waals surface area contributed by atoms with Gasteiger partial charge in [0.2, 0.25) is 0 Å². The van der Waals surface area contributed by atoms with Crippen LogP contribution in [0.15, 0.2) is 23.2 Å². The predicted molar refractivity (Wildman–Crippen MR) is 114 cm³/mol. The van der Waals surface area contributed by atoms with Gasteiger partial charge < -0.3 is 4.90 Å². The first-order chi connectivity index (χ1) is 12.9. The molecule has 0 saturated carbocycles. The van der Waals surface area contributed by atoms with E-state index in [2.05, 4.69) is 72.6 Å². The fourth-order valence-corrected chi connectivity index (χ4v) is 2.52. The minimum Gasteiger partial charge on any atom is -0.363 e. The minimum absolute atomic E-state index is 0.101. The molecule has 0 aliphatic carbocycles. The van der Waals surface area contributed by atoms with E-state index in [4.69, 9.17) is 0 Å². The zero-order valence-corrected chi connectivity index (χ0v) is 17.7. The van der Waals surface area contributed by atoms with E-state index in [0.29, 0.717) is 5.82 Å². The van der Waals surface area contributed by atoms with Crippen molar-refractivity contribution >= 4 is 29.5 Å². The van der Waals surface area contributed by atoms with Crippen LogP contribution in [0.5, 0.6) is 0 Å². The Morgan fingerprint density at radius 3 is 2.37 bits per heavy atom. The van der Waals surface area contributed by atoms with Crippen molar-refractivity contribution in [1.82, 2.24) is 24.4 Å². The fraction of sp³-hybridized carbons (Fsp3) is 0.619. The topological polar surface area (TPSA) is 59.2 Å². The molecule has 0 spiro atoms. The van der Waals surface area contributed by atoms with Crippen molar-refractivity contribution in [3.05, 3.63) is 18.2 Å². The molecule has 0 aliphatic heterocycles. The molecule has 0 aromatic carbocycles. The Bertz CT molecular complexity index is 774. The second kappa shape index (κ2) is 9.62. The molecule has 2 aromatic rings. The van der Waals surface area contributed by atoms with Crippen LogP contribution in [0.1, 0.15) is 67.2 Å². The van der Waals surface area contributed by atoms with E-state index in [0.717, 1.165) is 24.3 Å². The van der Waals surface area contributed by atoms with Gasteiger partial charge in [-0.2, -0.15) is 0 Å². The molecule has 0 unspecified atom stereocenters. The summed E-state index contributed by atoms with van der Waals surface area (Å²) in [5.74, 6) is 0.624. The molecule has 6 nitrogen and oxygen atoms in total. The van der Waals surface area contributed by atoms with Crippen LogP contribution in [0.25, 0.3) is 17.4 Å². The Morgan fingerprint density at radius 1 is 1.11 bits per heavy atom. The van der Waals surface area contributed by atoms with Crippen molar-refractivity contribution < 1.29 is 0 Å². The zero-order chi connectivity index (χ0) is 19.9. The number of hydrogen-bond acceptors (Lipinski definition) is 4. The van der Waals surface area contributed by atoms with Gasteiger partial charge in [-0.05, 0) is 25.2 Å². The van der Waals surface area contributed by atoms with E-state index in [-0.39, 0.29) is 5.41 Å². The van der Waals surface area contributed by atoms with E-state index in [1.54, 1.807) is 12.7 Å². The Labute approximate surface area is 163 Å². The fourth-order valence-electron chi connectivity index (χ4n) is 2.52. The third kappa shape index (κ3) is 5.88. The summed E-state index contributed by atoms with van der Waals surface area (Å²) >= 11 is 0. The van der Waals surface area contributed by atoms with Crippen LogP contribution in [-0.4, -0.2) is 43.8 Å². The summed E-state index contributed by atoms with van der Waals surface area (Å²) in [5, 5.41) is 0. The molecular formula is C21H34N6. The molecule has 2 aromatic heterocycles. The number of allylic oxidation sites excluding steroid dienone is 1. The summed E-state index contributed by atoms with van der Waals surface area (Å²) in [4.78, 5) is 20.2. The Morgan fingerprint density at radius 2 is 1.78 bits per heavy atom. The number of nitrogens with zero attached hydrogens (tertiary/aromatic N) is 6. The van der Waals surface area contributed by atoms with E-state index >= 15 is 0 Å². The summed E-state index contributed by atoms with van der Waals surface area (Å²) in [5.41, 5.74) is 2.88. The summed E-state index contributed by atoms with van der Waals surface area (Å²) in [7, 11) is 0.